The largest absolute Gasteiger partial charge is 0.294 e. The Morgan fingerprint density at radius 3 is 2.40 bits per heavy atom. The predicted molar refractivity (Wildman–Crippen MR) is 77.8 cm³/mol. The zero-order chi connectivity index (χ0) is 14.5. The van der Waals surface area contributed by atoms with Gasteiger partial charge in [0.15, 0.2) is 5.78 Å². The Balaban J connectivity index is 1.99. The maximum absolute atomic E-state index is 12.8. The summed E-state index contributed by atoms with van der Waals surface area (Å²) in [4.78, 5) is 12.7. The zero-order valence-electron chi connectivity index (χ0n) is 11.1. The summed E-state index contributed by atoms with van der Waals surface area (Å²) in [6.07, 6.45) is 0.187. The minimum absolute atomic E-state index is 0.119. The topological polar surface area (TPSA) is 34.1 Å². The lowest BCUT2D eigenvalue weighted by Crippen LogP contribution is -2.07. The fourth-order valence-electron chi connectivity index (χ4n) is 1.89. The van der Waals surface area contributed by atoms with Gasteiger partial charge >= 0.3 is 0 Å². The van der Waals surface area contributed by atoms with Gasteiger partial charge in [0, 0.05) is 22.6 Å². The fraction of sp³-hybridized carbons (Fsp3) is 0.188. The lowest BCUT2D eigenvalue weighted by Gasteiger charge is -2.05. The number of carbonyl (C=O) groups is 1. The number of hydrogen-bond donors (Lipinski definition) is 0. The van der Waals surface area contributed by atoms with Gasteiger partial charge in [-0.2, -0.15) is 0 Å². The maximum atomic E-state index is 12.8. The molecule has 2 rings (SSSR count). The van der Waals surface area contributed by atoms with E-state index in [0.29, 0.717) is 5.56 Å². The van der Waals surface area contributed by atoms with Crippen LogP contribution in [0.1, 0.15) is 22.3 Å². The second kappa shape index (κ2) is 6.57. The van der Waals surface area contributed by atoms with E-state index in [-0.39, 0.29) is 23.8 Å². The van der Waals surface area contributed by atoms with Gasteiger partial charge in [0.05, 0.1) is 10.8 Å². The van der Waals surface area contributed by atoms with Crippen molar-refractivity contribution in [2.75, 3.05) is 5.75 Å². The number of ketones is 1. The smallest absolute Gasteiger partial charge is 0.163 e. The summed E-state index contributed by atoms with van der Waals surface area (Å²) in [6.45, 7) is 1.90. The van der Waals surface area contributed by atoms with Crippen LogP contribution in [-0.4, -0.2) is 15.7 Å². The van der Waals surface area contributed by atoms with Crippen LogP contribution >= 0.6 is 0 Å². The van der Waals surface area contributed by atoms with Crippen molar-refractivity contribution in [1.82, 2.24) is 0 Å². The molecule has 0 N–H and O–H groups in total. The van der Waals surface area contributed by atoms with Crippen LogP contribution in [-0.2, 0) is 10.8 Å². The average molecular weight is 290 g/mol. The van der Waals surface area contributed by atoms with E-state index in [4.69, 9.17) is 0 Å². The highest BCUT2D eigenvalue weighted by molar-refractivity contribution is 7.85. The first kappa shape index (κ1) is 14.6. The highest BCUT2D eigenvalue weighted by Crippen LogP contribution is 2.14. The summed E-state index contributed by atoms with van der Waals surface area (Å²) in [7, 11) is -1.19. The second-order valence-electron chi connectivity index (χ2n) is 4.50. The predicted octanol–water partition coefficient (Wildman–Crippen LogP) is 3.51. The summed E-state index contributed by atoms with van der Waals surface area (Å²) < 4.78 is 24.9. The van der Waals surface area contributed by atoms with Crippen molar-refractivity contribution in [3.63, 3.8) is 0 Å². The van der Waals surface area contributed by atoms with E-state index in [1.165, 1.54) is 24.3 Å². The Morgan fingerprint density at radius 1 is 1.10 bits per heavy atom. The van der Waals surface area contributed by atoms with E-state index in [2.05, 4.69) is 0 Å². The molecule has 2 aromatic rings. The fourth-order valence-corrected chi connectivity index (χ4v) is 3.14. The molecular formula is C16H15FO2S. The SMILES string of the molecule is Cc1ccccc1S(=O)CCC(=O)c1ccc(F)cc1. The van der Waals surface area contributed by atoms with Crippen molar-refractivity contribution in [1.29, 1.82) is 0 Å². The van der Waals surface area contributed by atoms with Crippen LogP contribution in [0.5, 0.6) is 0 Å². The van der Waals surface area contributed by atoms with E-state index in [1.54, 1.807) is 0 Å². The molecule has 0 saturated carbocycles. The number of rotatable bonds is 5. The number of Topliss-reactive ketones (excluding diaryl/α,β-unsaturated/α-hetero) is 1. The number of hydrogen-bond acceptors (Lipinski definition) is 2. The van der Waals surface area contributed by atoms with Crippen molar-refractivity contribution in [2.24, 2.45) is 0 Å². The van der Waals surface area contributed by atoms with Crippen LogP contribution < -0.4 is 0 Å². The van der Waals surface area contributed by atoms with Gasteiger partial charge < -0.3 is 0 Å². The van der Waals surface area contributed by atoms with Gasteiger partial charge in [0.1, 0.15) is 5.82 Å². The number of carbonyl (C=O) groups excluding carboxylic acids is 1. The summed E-state index contributed by atoms with van der Waals surface area (Å²) in [5.74, 6) is -0.210. The molecule has 1 unspecified atom stereocenters. The molecule has 104 valence electrons. The van der Waals surface area contributed by atoms with Gasteiger partial charge in [-0.05, 0) is 42.8 Å². The highest BCUT2D eigenvalue weighted by Gasteiger charge is 2.11. The Bertz CT molecular complexity index is 635. The standard InChI is InChI=1S/C16H15FO2S/c1-12-4-2-3-5-16(12)20(19)11-10-15(18)13-6-8-14(17)9-7-13/h2-9H,10-11H2,1H3. The minimum Gasteiger partial charge on any atom is -0.294 e. The first-order valence-corrected chi connectivity index (χ1v) is 7.62. The van der Waals surface area contributed by atoms with Gasteiger partial charge in [-0.1, -0.05) is 18.2 Å². The molecule has 0 radical (unpaired) electrons. The van der Waals surface area contributed by atoms with Crippen LogP contribution in [0.3, 0.4) is 0 Å². The van der Waals surface area contributed by atoms with Gasteiger partial charge in [-0.3, -0.25) is 9.00 Å². The molecule has 0 aliphatic carbocycles. The first-order valence-electron chi connectivity index (χ1n) is 6.30. The Hall–Kier alpha value is -1.81. The Labute approximate surface area is 120 Å². The van der Waals surface area contributed by atoms with Crippen LogP contribution in [0.15, 0.2) is 53.4 Å². The summed E-state index contributed by atoms with van der Waals surface area (Å²) in [5, 5.41) is 0. The highest BCUT2D eigenvalue weighted by atomic mass is 32.2. The van der Waals surface area contributed by atoms with Gasteiger partial charge in [-0.15, -0.1) is 0 Å². The molecule has 0 amide bonds. The van der Waals surface area contributed by atoms with Crippen molar-refractivity contribution in [2.45, 2.75) is 18.2 Å². The lowest BCUT2D eigenvalue weighted by atomic mass is 10.1. The number of halogens is 1. The molecule has 1 atom stereocenters. The lowest BCUT2D eigenvalue weighted by molar-refractivity contribution is 0.0989. The van der Waals surface area contributed by atoms with E-state index in [9.17, 15) is 13.4 Å². The normalized spacial score (nSPS) is 12.1. The monoisotopic (exact) mass is 290 g/mol. The molecule has 4 heteroatoms. The first-order chi connectivity index (χ1) is 9.58. The maximum Gasteiger partial charge on any atom is 0.163 e. The minimum atomic E-state index is -1.19. The van der Waals surface area contributed by atoms with E-state index < -0.39 is 10.8 Å². The molecule has 2 aromatic carbocycles. The third kappa shape index (κ3) is 3.61. The molecule has 20 heavy (non-hydrogen) atoms. The van der Waals surface area contributed by atoms with Crippen LogP contribution in [0.25, 0.3) is 0 Å². The van der Waals surface area contributed by atoms with Crippen molar-refractivity contribution in [3.8, 4) is 0 Å². The molecule has 2 nitrogen and oxygen atoms in total. The van der Waals surface area contributed by atoms with Crippen molar-refractivity contribution >= 4 is 16.6 Å². The molecule has 0 aliphatic rings. The summed E-state index contributed by atoms with van der Waals surface area (Å²) >= 11 is 0. The van der Waals surface area contributed by atoms with E-state index >= 15 is 0 Å². The summed E-state index contributed by atoms with van der Waals surface area (Å²) in [5.41, 5.74) is 1.41. The second-order valence-corrected chi connectivity index (χ2v) is 6.03. The molecule has 0 aromatic heterocycles. The van der Waals surface area contributed by atoms with E-state index in [0.717, 1.165) is 10.5 Å². The van der Waals surface area contributed by atoms with Crippen molar-refractivity contribution in [3.05, 3.63) is 65.5 Å². The van der Waals surface area contributed by atoms with Gasteiger partial charge in [-0.25, -0.2) is 4.39 Å². The van der Waals surface area contributed by atoms with Crippen LogP contribution in [0.2, 0.25) is 0 Å². The Morgan fingerprint density at radius 2 is 1.75 bits per heavy atom. The molecular weight excluding hydrogens is 275 g/mol. The third-order valence-electron chi connectivity index (χ3n) is 3.02. The van der Waals surface area contributed by atoms with Gasteiger partial charge in [0.2, 0.25) is 0 Å². The van der Waals surface area contributed by atoms with E-state index in [1.807, 2.05) is 31.2 Å². The molecule has 0 spiro atoms. The number of benzene rings is 2. The molecule has 0 fully saturated rings. The number of aryl methyl sites for hydroxylation is 1. The summed E-state index contributed by atoms with van der Waals surface area (Å²) in [6, 6.07) is 12.9. The quantitative estimate of drug-likeness (QED) is 0.790. The third-order valence-corrected chi connectivity index (χ3v) is 4.54. The van der Waals surface area contributed by atoms with Crippen LogP contribution in [0, 0.1) is 12.7 Å². The zero-order valence-corrected chi connectivity index (χ0v) is 12.0. The molecule has 0 bridgehead atoms. The van der Waals surface area contributed by atoms with Crippen molar-refractivity contribution < 1.29 is 13.4 Å². The van der Waals surface area contributed by atoms with Gasteiger partial charge in [0.25, 0.3) is 0 Å². The molecule has 0 heterocycles. The Kier molecular flexibility index (Phi) is 4.79. The molecule has 0 aliphatic heterocycles. The molecule has 0 saturated heterocycles. The van der Waals surface area contributed by atoms with Crippen LogP contribution in [0.4, 0.5) is 4.39 Å². The average Bonchev–Trinajstić information content (AvgIpc) is 2.45.